The van der Waals surface area contributed by atoms with E-state index in [0.29, 0.717) is 13.0 Å². The fourth-order valence-corrected chi connectivity index (χ4v) is 1.66. The lowest BCUT2D eigenvalue weighted by Crippen LogP contribution is -2.17. The van der Waals surface area contributed by atoms with Crippen LogP contribution in [0.2, 0.25) is 0 Å². The van der Waals surface area contributed by atoms with Crippen molar-refractivity contribution >= 4 is 5.97 Å². The average Bonchev–Trinajstić information content (AvgIpc) is 2.36. The number of hydrogen-bond acceptors (Lipinski definition) is 3. The van der Waals surface area contributed by atoms with Crippen molar-refractivity contribution in [3.05, 3.63) is 35.9 Å². The minimum Gasteiger partial charge on any atom is -0.466 e. The van der Waals surface area contributed by atoms with Crippen LogP contribution in [-0.2, 0) is 16.0 Å². The zero-order chi connectivity index (χ0) is 12.5. The minimum absolute atomic E-state index is 0.0100. The highest BCUT2D eigenvalue weighted by atomic mass is 16.5. The van der Waals surface area contributed by atoms with Gasteiger partial charge in [-0.15, -0.1) is 0 Å². The van der Waals surface area contributed by atoms with E-state index < -0.39 is 0 Å². The highest BCUT2D eigenvalue weighted by Crippen LogP contribution is 2.12. The first kappa shape index (κ1) is 13.7. The zero-order valence-electron chi connectivity index (χ0n) is 10.3. The number of aliphatic hydroxyl groups is 1. The molecule has 1 aromatic rings. The van der Waals surface area contributed by atoms with E-state index in [4.69, 9.17) is 4.74 Å². The van der Waals surface area contributed by atoms with Gasteiger partial charge in [0.1, 0.15) is 0 Å². The van der Waals surface area contributed by atoms with Gasteiger partial charge >= 0.3 is 5.97 Å². The quantitative estimate of drug-likeness (QED) is 0.738. The summed E-state index contributed by atoms with van der Waals surface area (Å²) in [6.45, 7) is 2.43. The number of benzene rings is 1. The topological polar surface area (TPSA) is 46.5 Å². The van der Waals surface area contributed by atoms with Crippen LogP contribution in [0, 0.1) is 5.92 Å². The van der Waals surface area contributed by atoms with Crippen molar-refractivity contribution in [2.75, 3.05) is 13.2 Å². The van der Waals surface area contributed by atoms with Crippen LogP contribution >= 0.6 is 0 Å². The van der Waals surface area contributed by atoms with Crippen LogP contribution in [0.5, 0.6) is 0 Å². The molecule has 0 spiro atoms. The van der Waals surface area contributed by atoms with Crippen LogP contribution < -0.4 is 0 Å². The highest BCUT2D eigenvalue weighted by Gasteiger charge is 2.14. The average molecular weight is 236 g/mol. The smallest absolute Gasteiger partial charge is 0.306 e. The molecule has 0 amide bonds. The van der Waals surface area contributed by atoms with Crippen molar-refractivity contribution in [1.82, 2.24) is 0 Å². The molecule has 0 aliphatic rings. The summed E-state index contributed by atoms with van der Waals surface area (Å²) in [6, 6.07) is 9.87. The molecule has 0 saturated carbocycles. The summed E-state index contributed by atoms with van der Waals surface area (Å²) < 4.78 is 5.01. The van der Waals surface area contributed by atoms with Crippen molar-refractivity contribution in [2.24, 2.45) is 5.92 Å². The third-order valence-electron chi connectivity index (χ3n) is 2.55. The standard InChI is InChI=1S/C14H20O3/c1-2-8-17-14(16)10-13(11-15)9-12-6-4-3-5-7-12/h3-7,13,15H,2,8-11H2,1H3. The lowest BCUT2D eigenvalue weighted by atomic mass is 9.97. The first-order chi connectivity index (χ1) is 8.26. The van der Waals surface area contributed by atoms with Crippen molar-refractivity contribution in [3.63, 3.8) is 0 Å². The van der Waals surface area contributed by atoms with Crippen molar-refractivity contribution < 1.29 is 14.6 Å². The monoisotopic (exact) mass is 236 g/mol. The van der Waals surface area contributed by atoms with Gasteiger partial charge in [-0.25, -0.2) is 0 Å². The molecule has 0 aromatic heterocycles. The van der Waals surface area contributed by atoms with Crippen LogP contribution in [0.3, 0.4) is 0 Å². The predicted octanol–water partition coefficient (Wildman–Crippen LogP) is 2.18. The number of rotatable bonds is 7. The first-order valence-electron chi connectivity index (χ1n) is 6.06. The second-order valence-electron chi connectivity index (χ2n) is 4.16. The SMILES string of the molecule is CCCOC(=O)CC(CO)Cc1ccccc1. The van der Waals surface area contributed by atoms with Gasteiger partial charge < -0.3 is 9.84 Å². The lowest BCUT2D eigenvalue weighted by molar-refractivity contribution is -0.145. The maximum Gasteiger partial charge on any atom is 0.306 e. The maximum atomic E-state index is 11.4. The van der Waals surface area contributed by atoms with Crippen molar-refractivity contribution in [3.8, 4) is 0 Å². The van der Waals surface area contributed by atoms with E-state index in [-0.39, 0.29) is 24.9 Å². The summed E-state index contributed by atoms with van der Waals surface area (Å²) >= 11 is 0. The van der Waals surface area contributed by atoms with Gasteiger partial charge in [0.15, 0.2) is 0 Å². The van der Waals surface area contributed by atoms with E-state index in [1.165, 1.54) is 0 Å². The molecule has 1 atom stereocenters. The van der Waals surface area contributed by atoms with Crippen molar-refractivity contribution in [1.29, 1.82) is 0 Å². The number of aliphatic hydroxyl groups excluding tert-OH is 1. The van der Waals surface area contributed by atoms with Crippen LogP contribution in [-0.4, -0.2) is 24.3 Å². The molecule has 1 N–H and O–H groups in total. The second kappa shape index (κ2) is 7.85. The molecule has 0 heterocycles. The molecule has 0 radical (unpaired) electrons. The lowest BCUT2D eigenvalue weighted by Gasteiger charge is -2.13. The fourth-order valence-electron chi connectivity index (χ4n) is 1.66. The molecule has 0 fully saturated rings. The molecule has 0 bridgehead atoms. The highest BCUT2D eigenvalue weighted by molar-refractivity contribution is 5.69. The summed E-state index contributed by atoms with van der Waals surface area (Å²) in [6.07, 6.45) is 1.82. The molecule has 17 heavy (non-hydrogen) atoms. The van der Waals surface area contributed by atoms with Gasteiger partial charge in [-0.1, -0.05) is 37.3 Å². The number of hydrogen-bond donors (Lipinski definition) is 1. The van der Waals surface area contributed by atoms with Crippen LogP contribution in [0.15, 0.2) is 30.3 Å². The predicted molar refractivity (Wildman–Crippen MR) is 66.6 cm³/mol. The molecule has 3 nitrogen and oxygen atoms in total. The van der Waals surface area contributed by atoms with Crippen LogP contribution in [0.1, 0.15) is 25.3 Å². The zero-order valence-corrected chi connectivity index (χ0v) is 10.3. The Morgan fingerprint density at radius 1 is 1.35 bits per heavy atom. The third kappa shape index (κ3) is 5.50. The van der Waals surface area contributed by atoms with Gasteiger partial charge in [-0.2, -0.15) is 0 Å². The molecule has 0 aliphatic heterocycles. The first-order valence-corrected chi connectivity index (χ1v) is 6.06. The Hall–Kier alpha value is -1.35. The van der Waals surface area contributed by atoms with Crippen molar-refractivity contribution in [2.45, 2.75) is 26.2 Å². The summed E-state index contributed by atoms with van der Waals surface area (Å²) in [5.74, 6) is -0.274. The number of carbonyl (C=O) groups is 1. The molecule has 3 heteroatoms. The molecule has 1 unspecified atom stereocenters. The molecular formula is C14H20O3. The van der Waals surface area contributed by atoms with E-state index in [1.54, 1.807) is 0 Å². The van der Waals surface area contributed by atoms with Crippen LogP contribution in [0.25, 0.3) is 0 Å². The van der Waals surface area contributed by atoms with E-state index >= 15 is 0 Å². The number of carbonyl (C=O) groups excluding carboxylic acids is 1. The van der Waals surface area contributed by atoms with Gasteiger partial charge in [0.25, 0.3) is 0 Å². The Morgan fingerprint density at radius 2 is 2.06 bits per heavy atom. The Kier molecular flexibility index (Phi) is 6.33. The molecular weight excluding hydrogens is 216 g/mol. The van der Waals surface area contributed by atoms with Gasteiger partial charge in [0, 0.05) is 6.61 Å². The Labute approximate surface area is 102 Å². The maximum absolute atomic E-state index is 11.4. The van der Waals surface area contributed by atoms with Gasteiger partial charge in [-0.3, -0.25) is 4.79 Å². The van der Waals surface area contributed by atoms with E-state index in [1.807, 2.05) is 37.3 Å². The summed E-state index contributed by atoms with van der Waals surface area (Å²) in [7, 11) is 0. The Bertz CT molecular complexity index is 321. The normalized spacial score (nSPS) is 12.1. The molecule has 1 rings (SSSR count). The van der Waals surface area contributed by atoms with Gasteiger partial charge in [0.05, 0.1) is 13.0 Å². The number of ether oxygens (including phenoxy) is 1. The molecule has 94 valence electrons. The third-order valence-corrected chi connectivity index (χ3v) is 2.55. The Morgan fingerprint density at radius 3 is 2.65 bits per heavy atom. The summed E-state index contributed by atoms with van der Waals surface area (Å²) in [5.41, 5.74) is 1.13. The Balaban J connectivity index is 2.41. The number of esters is 1. The van der Waals surface area contributed by atoms with E-state index in [2.05, 4.69) is 0 Å². The van der Waals surface area contributed by atoms with Crippen LogP contribution in [0.4, 0.5) is 0 Å². The molecule has 0 aliphatic carbocycles. The second-order valence-corrected chi connectivity index (χ2v) is 4.16. The van der Waals surface area contributed by atoms with Gasteiger partial charge in [-0.05, 0) is 24.3 Å². The van der Waals surface area contributed by atoms with E-state index in [0.717, 1.165) is 12.0 Å². The minimum atomic E-state index is -0.221. The van der Waals surface area contributed by atoms with Gasteiger partial charge in [0.2, 0.25) is 0 Å². The summed E-state index contributed by atoms with van der Waals surface area (Å²) in [4.78, 5) is 11.4. The molecule has 1 aromatic carbocycles. The van der Waals surface area contributed by atoms with E-state index in [9.17, 15) is 9.90 Å². The largest absolute Gasteiger partial charge is 0.466 e. The fraction of sp³-hybridized carbons (Fsp3) is 0.500. The summed E-state index contributed by atoms with van der Waals surface area (Å²) in [5, 5.41) is 9.25. The molecule has 0 saturated heterocycles.